The Morgan fingerprint density at radius 3 is 2.52 bits per heavy atom. The first-order chi connectivity index (χ1) is 15.6. The Morgan fingerprint density at radius 2 is 1.85 bits per heavy atom. The zero-order valence-electron chi connectivity index (χ0n) is 20.5. The van der Waals surface area contributed by atoms with E-state index >= 15 is 0 Å². The van der Waals surface area contributed by atoms with Crippen molar-refractivity contribution >= 4 is 35.9 Å². The fraction of sp³-hybridized carbons (Fsp3) is 0.680. The third-order valence-electron chi connectivity index (χ3n) is 6.49. The Kier molecular flexibility index (Phi) is 12.5. The van der Waals surface area contributed by atoms with E-state index in [0.29, 0.717) is 12.6 Å². The molecular formula is C25H42IN5O2. The molecule has 0 amide bonds. The number of likely N-dealkylation sites (tertiary alicyclic amines) is 1. The van der Waals surface area contributed by atoms with Crippen molar-refractivity contribution in [2.24, 2.45) is 10.9 Å². The zero-order chi connectivity index (χ0) is 22.8. The van der Waals surface area contributed by atoms with Crippen LogP contribution in [0.3, 0.4) is 0 Å². The predicted octanol–water partition coefficient (Wildman–Crippen LogP) is 3.22. The molecule has 0 aliphatic carbocycles. The Bertz CT molecular complexity index is 725. The second-order valence-electron chi connectivity index (χ2n) is 8.83. The van der Waals surface area contributed by atoms with Gasteiger partial charge in [-0.2, -0.15) is 0 Å². The molecule has 3 rings (SSSR count). The number of halogens is 1. The lowest BCUT2D eigenvalue weighted by molar-refractivity contribution is -0.149. The molecule has 1 aromatic carbocycles. The van der Waals surface area contributed by atoms with Gasteiger partial charge in [-0.25, -0.2) is 0 Å². The van der Waals surface area contributed by atoms with Crippen molar-refractivity contribution in [3.05, 3.63) is 35.9 Å². The largest absolute Gasteiger partial charge is 0.466 e. The number of likely N-dealkylation sites (N-methyl/N-ethyl adjacent to an activating group) is 1. The van der Waals surface area contributed by atoms with Crippen molar-refractivity contribution < 1.29 is 9.53 Å². The summed E-state index contributed by atoms with van der Waals surface area (Å²) in [7, 11) is 2.21. The molecular weight excluding hydrogens is 529 g/mol. The van der Waals surface area contributed by atoms with Crippen LogP contribution < -0.4 is 5.32 Å². The van der Waals surface area contributed by atoms with Crippen LogP contribution in [0.4, 0.5) is 0 Å². The maximum atomic E-state index is 12.0. The van der Waals surface area contributed by atoms with Crippen LogP contribution in [0.15, 0.2) is 35.3 Å². The van der Waals surface area contributed by atoms with Gasteiger partial charge in [0.25, 0.3) is 0 Å². The number of ether oxygens (including phenoxy) is 1. The molecule has 33 heavy (non-hydrogen) atoms. The van der Waals surface area contributed by atoms with Crippen LogP contribution in [0.5, 0.6) is 0 Å². The van der Waals surface area contributed by atoms with E-state index < -0.39 is 0 Å². The van der Waals surface area contributed by atoms with E-state index in [1.54, 1.807) is 0 Å². The first-order valence-electron chi connectivity index (χ1n) is 12.3. The maximum absolute atomic E-state index is 12.0. The van der Waals surface area contributed by atoms with Gasteiger partial charge in [-0.15, -0.1) is 24.0 Å². The number of guanidine groups is 1. The number of piperazine rings is 1. The third kappa shape index (κ3) is 8.40. The van der Waals surface area contributed by atoms with Gasteiger partial charge >= 0.3 is 5.97 Å². The summed E-state index contributed by atoms with van der Waals surface area (Å²) >= 11 is 0. The molecule has 1 aromatic rings. The Hall–Kier alpha value is -1.39. The molecule has 0 saturated carbocycles. The quantitative estimate of drug-likeness (QED) is 0.170. The van der Waals surface area contributed by atoms with Crippen LogP contribution in [0.1, 0.15) is 44.7 Å². The van der Waals surface area contributed by atoms with Crippen molar-refractivity contribution in [3.8, 4) is 0 Å². The molecule has 2 aliphatic heterocycles. The number of carbonyl (C=O) groups is 1. The second kappa shape index (κ2) is 14.8. The summed E-state index contributed by atoms with van der Waals surface area (Å²) in [4.78, 5) is 24.3. The van der Waals surface area contributed by atoms with Crippen molar-refractivity contribution in [1.29, 1.82) is 0 Å². The summed E-state index contributed by atoms with van der Waals surface area (Å²) in [6, 6.07) is 11.3. The Morgan fingerprint density at radius 1 is 1.12 bits per heavy atom. The Balaban J connectivity index is 0.00000385. The van der Waals surface area contributed by atoms with Gasteiger partial charge in [0.05, 0.1) is 12.5 Å². The second-order valence-corrected chi connectivity index (χ2v) is 8.83. The fourth-order valence-electron chi connectivity index (χ4n) is 4.69. The summed E-state index contributed by atoms with van der Waals surface area (Å²) in [5.74, 6) is 0.961. The van der Waals surface area contributed by atoms with Crippen LogP contribution in [0.2, 0.25) is 0 Å². The molecule has 0 spiro atoms. The van der Waals surface area contributed by atoms with Crippen LogP contribution in [0, 0.1) is 5.92 Å². The zero-order valence-corrected chi connectivity index (χ0v) is 22.9. The summed E-state index contributed by atoms with van der Waals surface area (Å²) in [5.41, 5.74) is 1.40. The molecule has 2 aliphatic rings. The lowest BCUT2D eigenvalue weighted by Crippen LogP contribution is -2.47. The van der Waals surface area contributed by atoms with Gasteiger partial charge in [0, 0.05) is 58.4 Å². The van der Waals surface area contributed by atoms with E-state index in [4.69, 9.17) is 9.73 Å². The average Bonchev–Trinajstić information content (AvgIpc) is 2.82. The topological polar surface area (TPSA) is 60.4 Å². The van der Waals surface area contributed by atoms with Crippen LogP contribution in [-0.2, 0) is 9.53 Å². The number of hydrogen-bond donors (Lipinski definition) is 1. The van der Waals surface area contributed by atoms with Crippen LogP contribution in [0.25, 0.3) is 0 Å². The van der Waals surface area contributed by atoms with Gasteiger partial charge in [-0.05, 0) is 45.7 Å². The molecule has 0 bridgehead atoms. The highest BCUT2D eigenvalue weighted by Crippen LogP contribution is 2.25. The molecule has 0 radical (unpaired) electrons. The highest BCUT2D eigenvalue weighted by molar-refractivity contribution is 14.0. The van der Waals surface area contributed by atoms with E-state index in [0.717, 1.165) is 77.6 Å². The fourth-order valence-corrected chi connectivity index (χ4v) is 4.69. The van der Waals surface area contributed by atoms with E-state index in [-0.39, 0.29) is 35.9 Å². The summed E-state index contributed by atoms with van der Waals surface area (Å²) in [6.45, 7) is 12.1. The molecule has 2 saturated heterocycles. The molecule has 8 heteroatoms. The van der Waals surface area contributed by atoms with Gasteiger partial charge in [-0.1, -0.05) is 30.3 Å². The highest BCUT2D eigenvalue weighted by Gasteiger charge is 2.28. The third-order valence-corrected chi connectivity index (χ3v) is 6.49. The first kappa shape index (κ1) is 27.9. The standard InChI is InChI=1S/C25H41N5O2.HI/c1-4-26-25(30-16-12-22(13-17-30)24(31)32-5-2)27-14-9-15-29-19-18-28(3)20-23(29)21-10-7-6-8-11-21;/h6-8,10-11,22-23H,4-5,9,12-20H2,1-3H3,(H,26,27);1H. The normalized spacial score (nSPS) is 20.9. The van der Waals surface area contributed by atoms with Gasteiger partial charge in [0.15, 0.2) is 5.96 Å². The number of nitrogens with one attached hydrogen (secondary N) is 1. The number of rotatable bonds is 8. The molecule has 2 fully saturated rings. The molecule has 1 atom stereocenters. The van der Waals surface area contributed by atoms with Crippen LogP contribution >= 0.6 is 24.0 Å². The number of piperidine rings is 1. The summed E-state index contributed by atoms with van der Waals surface area (Å²) in [5, 5.41) is 3.44. The number of aliphatic imine (C=N–C) groups is 1. The number of benzene rings is 1. The summed E-state index contributed by atoms with van der Waals surface area (Å²) in [6.07, 6.45) is 2.72. The molecule has 2 heterocycles. The molecule has 186 valence electrons. The van der Waals surface area contributed by atoms with Gasteiger partial charge in [-0.3, -0.25) is 14.7 Å². The lowest BCUT2D eigenvalue weighted by atomic mass is 9.97. The number of hydrogen-bond acceptors (Lipinski definition) is 5. The maximum Gasteiger partial charge on any atom is 0.309 e. The SMILES string of the molecule is CCNC(=NCCCN1CCN(C)CC1c1ccccc1)N1CCC(C(=O)OCC)CC1.I. The number of nitrogens with zero attached hydrogens (tertiary/aromatic N) is 4. The molecule has 1 unspecified atom stereocenters. The summed E-state index contributed by atoms with van der Waals surface area (Å²) < 4.78 is 5.20. The Labute approximate surface area is 216 Å². The van der Waals surface area contributed by atoms with Crippen LogP contribution in [-0.4, -0.2) is 92.6 Å². The van der Waals surface area contributed by atoms with Gasteiger partial charge in [0.2, 0.25) is 0 Å². The van der Waals surface area contributed by atoms with Crippen molar-refractivity contribution in [3.63, 3.8) is 0 Å². The van der Waals surface area contributed by atoms with Crippen molar-refractivity contribution in [1.82, 2.24) is 20.0 Å². The van der Waals surface area contributed by atoms with E-state index in [9.17, 15) is 4.79 Å². The molecule has 0 aromatic heterocycles. The van der Waals surface area contributed by atoms with E-state index in [2.05, 4.69) is 64.3 Å². The minimum atomic E-state index is -0.0470. The minimum Gasteiger partial charge on any atom is -0.466 e. The van der Waals surface area contributed by atoms with E-state index in [1.165, 1.54) is 5.56 Å². The molecule has 7 nitrogen and oxygen atoms in total. The van der Waals surface area contributed by atoms with Crippen molar-refractivity contribution in [2.45, 2.75) is 39.2 Å². The first-order valence-corrected chi connectivity index (χ1v) is 12.3. The monoisotopic (exact) mass is 571 g/mol. The number of esters is 1. The van der Waals surface area contributed by atoms with E-state index in [1.807, 2.05) is 6.92 Å². The van der Waals surface area contributed by atoms with Gasteiger partial charge in [0.1, 0.15) is 0 Å². The highest BCUT2D eigenvalue weighted by atomic mass is 127. The van der Waals surface area contributed by atoms with Crippen molar-refractivity contribution in [2.75, 3.05) is 66.0 Å². The smallest absolute Gasteiger partial charge is 0.309 e. The predicted molar refractivity (Wildman–Crippen MR) is 145 cm³/mol. The molecule has 1 N–H and O–H groups in total. The lowest BCUT2D eigenvalue weighted by Gasteiger charge is -2.40. The minimum absolute atomic E-state index is 0. The average molecular weight is 572 g/mol. The number of carbonyl (C=O) groups excluding carboxylic acids is 1. The van der Waals surface area contributed by atoms with Gasteiger partial charge < -0.3 is 19.9 Å².